The van der Waals surface area contributed by atoms with Crippen LogP contribution in [-0.4, -0.2) is 37.2 Å². The van der Waals surface area contributed by atoms with Crippen LogP contribution in [0.5, 0.6) is 0 Å². The molecule has 0 fully saturated rings. The highest BCUT2D eigenvalue weighted by atomic mass is 32.2. The van der Waals surface area contributed by atoms with Crippen LogP contribution in [-0.2, 0) is 4.79 Å². The molecule has 1 N–H and O–H groups in total. The van der Waals surface area contributed by atoms with Gasteiger partial charge in [0.05, 0.1) is 0 Å². The Morgan fingerprint density at radius 1 is 1.44 bits per heavy atom. The van der Waals surface area contributed by atoms with Gasteiger partial charge in [-0.1, -0.05) is 6.07 Å². The minimum absolute atomic E-state index is 0.0783. The van der Waals surface area contributed by atoms with Gasteiger partial charge in [-0.2, -0.15) is 0 Å². The fourth-order valence-electron chi connectivity index (χ4n) is 1.41. The monoisotopic (exact) mass is 238 g/mol. The van der Waals surface area contributed by atoms with Crippen molar-refractivity contribution < 1.29 is 4.79 Å². The highest BCUT2D eigenvalue weighted by Gasteiger charge is 2.14. The molecule has 4 heteroatoms. The van der Waals surface area contributed by atoms with Gasteiger partial charge in [0.15, 0.2) is 0 Å². The number of likely N-dealkylation sites (N-methyl/N-ethyl adjacent to an activating group) is 1. The van der Waals surface area contributed by atoms with Gasteiger partial charge >= 0.3 is 0 Å². The summed E-state index contributed by atoms with van der Waals surface area (Å²) >= 11 is 1.69. The third kappa shape index (κ3) is 3.45. The Bertz CT molecular complexity index is 366. The van der Waals surface area contributed by atoms with E-state index in [1.807, 2.05) is 37.4 Å². The van der Waals surface area contributed by atoms with Crippen molar-refractivity contribution in [3.05, 3.63) is 24.3 Å². The molecule has 1 unspecified atom stereocenters. The van der Waals surface area contributed by atoms with E-state index in [1.54, 1.807) is 30.8 Å². The van der Waals surface area contributed by atoms with Crippen LogP contribution < -0.4 is 5.32 Å². The van der Waals surface area contributed by atoms with Crippen molar-refractivity contribution >= 4 is 23.4 Å². The molecular weight excluding hydrogens is 220 g/mol. The first-order valence-electron chi connectivity index (χ1n) is 5.16. The smallest absolute Gasteiger partial charge is 0.244 e. The number of rotatable bonds is 4. The standard InChI is InChI=1S/C12H18N2OS/c1-9(12(15)14(2)3)13-10-6-5-7-11(8-10)16-4/h5-9,13H,1-4H3. The SMILES string of the molecule is CSc1cccc(NC(C)C(=O)N(C)C)c1. The van der Waals surface area contributed by atoms with E-state index in [9.17, 15) is 4.79 Å². The van der Waals surface area contributed by atoms with Crippen molar-refractivity contribution in [3.63, 3.8) is 0 Å². The molecule has 1 aromatic carbocycles. The van der Waals surface area contributed by atoms with Crippen molar-refractivity contribution in [2.45, 2.75) is 17.9 Å². The maximum atomic E-state index is 11.7. The zero-order valence-electron chi connectivity index (χ0n) is 10.2. The number of anilines is 1. The molecule has 0 spiro atoms. The molecule has 0 saturated heterocycles. The van der Waals surface area contributed by atoms with Crippen LogP contribution in [0, 0.1) is 0 Å². The van der Waals surface area contributed by atoms with Crippen molar-refractivity contribution in [2.75, 3.05) is 25.7 Å². The summed E-state index contributed by atoms with van der Waals surface area (Å²) in [5, 5.41) is 3.19. The largest absolute Gasteiger partial charge is 0.374 e. The van der Waals surface area contributed by atoms with Crippen molar-refractivity contribution in [2.24, 2.45) is 0 Å². The van der Waals surface area contributed by atoms with Crippen LogP contribution in [0.4, 0.5) is 5.69 Å². The van der Waals surface area contributed by atoms with Crippen LogP contribution in [0.15, 0.2) is 29.2 Å². The maximum Gasteiger partial charge on any atom is 0.244 e. The van der Waals surface area contributed by atoms with Gasteiger partial charge in [0.1, 0.15) is 6.04 Å². The van der Waals surface area contributed by atoms with Crippen LogP contribution >= 0.6 is 11.8 Å². The second-order valence-electron chi connectivity index (χ2n) is 3.83. The number of carbonyl (C=O) groups excluding carboxylic acids is 1. The highest BCUT2D eigenvalue weighted by molar-refractivity contribution is 7.98. The summed E-state index contributed by atoms with van der Waals surface area (Å²) in [6.07, 6.45) is 2.04. The molecule has 3 nitrogen and oxygen atoms in total. The van der Waals surface area contributed by atoms with Crippen molar-refractivity contribution in [3.8, 4) is 0 Å². The van der Waals surface area contributed by atoms with Gasteiger partial charge in [0.25, 0.3) is 0 Å². The Balaban J connectivity index is 2.69. The predicted molar refractivity (Wildman–Crippen MR) is 70.0 cm³/mol. The highest BCUT2D eigenvalue weighted by Crippen LogP contribution is 2.19. The lowest BCUT2D eigenvalue weighted by molar-refractivity contribution is -0.129. The number of thioether (sulfide) groups is 1. The maximum absolute atomic E-state index is 11.7. The van der Waals surface area contributed by atoms with Gasteiger partial charge in [0.2, 0.25) is 5.91 Å². The summed E-state index contributed by atoms with van der Waals surface area (Å²) in [6, 6.07) is 7.85. The van der Waals surface area contributed by atoms with Crippen molar-refractivity contribution in [1.29, 1.82) is 0 Å². The Hall–Kier alpha value is -1.16. The molecule has 0 heterocycles. The van der Waals surface area contributed by atoms with E-state index < -0.39 is 0 Å². The minimum atomic E-state index is -0.202. The number of hydrogen-bond acceptors (Lipinski definition) is 3. The molecule has 0 aromatic heterocycles. The first-order chi connectivity index (χ1) is 7.54. The van der Waals surface area contributed by atoms with Crippen molar-refractivity contribution in [1.82, 2.24) is 4.90 Å². The van der Waals surface area contributed by atoms with Crippen LogP contribution in [0.3, 0.4) is 0 Å². The molecule has 16 heavy (non-hydrogen) atoms. The quantitative estimate of drug-likeness (QED) is 0.817. The molecule has 1 rings (SSSR count). The fourth-order valence-corrected chi connectivity index (χ4v) is 1.87. The third-order valence-corrected chi connectivity index (χ3v) is 2.99. The summed E-state index contributed by atoms with van der Waals surface area (Å²) in [6.45, 7) is 1.87. The number of carbonyl (C=O) groups is 1. The van der Waals surface area contributed by atoms with Gasteiger partial charge < -0.3 is 10.2 Å². The molecule has 1 aromatic rings. The number of hydrogen-bond donors (Lipinski definition) is 1. The number of nitrogens with one attached hydrogen (secondary N) is 1. The summed E-state index contributed by atoms with van der Waals surface area (Å²) in [5.41, 5.74) is 0.981. The molecule has 1 atom stereocenters. The second kappa shape index (κ2) is 5.80. The topological polar surface area (TPSA) is 32.3 Å². The summed E-state index contributed by atoms with van der Waals surface area (Å²) < 4.78 is 0. The fraction of sp³-hybridized carbons (Fsp3) is 0.417. The van der Waals surface area contributed by atoms with Gasteiger partial charge in [-0.15, -0.1) is 11.8 Å². The lowest BCUT2D eigenvalue weighted by Gasteiger charge is -2.19. The first kappa shape index (κ1) is 12.9. The number of amides is 1. The molecule has 0 radical (unpaired) electrons. The molecule has 0 aliphatic rings. The van der Waals surface area contributed by atoms with E-state index in [2.05, 4.69) is 5.32 Å². The first-order valence-corrected chi connectivity index (χ1v) is 6.39. The zero-order chi connectivity index (χ0) is 12.1. The molecule has 1 amide bonds. The Kier molecular flexibility index (Phi) is 4.68. The lowest BCUT2D eigenvalue weighted by atomic mass is 10.2. The Labute approximate surface area is 101 Å². The van der Waals surface area contributed by atoms with E-state index in [1.165, 1.54) is 4.90 Å². The minimum Gasteiger partial charge on any atom is -0.374 e. The van der Waals surface area contributed by atoms with E-state index >= 15 is 0 Å². The van der Waals surface area contributed by atoms with Crippen LogP contribution in [0.25, 0.3) is 0 Å². The summed E-state index contributed by atoms with van der Waals surface area (Å²) in [4.78, 5) is 14.4. The normalized spacial score (nSPS) is 12.0. The lowest BCUT2D eigenvalue weighted by Crippen LogP contribution is -2.36. The Morgan fingerprint density at radius 3 is 2.69 bits per heavy atom. The van der Waals surface area contributed by atoms with E-state index in [4.69, 9.17) is 0 Å². The molecule has 0 aliphatic carbocycles. The Morgan fingerprint density at radius 2 is 2.12 bits per heavy atom. The molecule has 0 saturated carbocycles. The summed E-state index contributed by atoms with van der Waals surface area (Å²) in [7, 11) is 3.53. The van der Waals surface area contributed by atoms with Crippen LogP contribution in [0.1, 0.15) is 6.92 Å². The molecule has 0 bridgehead atoms. The number of nitrogens with zero attached hydrogens (tertiary/aromatic N) is 1. The van der Waals surface area contributed by atoms with Gasteiger partial charge in [-0.05, 0) is 31.4 Å². The van der Waals surface area contributed by atoms with E-state index in [0.717, 1.165) is 5.69 Å². The van der Waals surface area contributed by atoms with Gasteiger partial charge in [0, 0.05) is 24.7 Å². The second-order valence-corrected chi connectivity index (χ2v) is 4.71. The van der Waals surface area contributed by atoms with Gasteiger partial charge in [-0.25, -0.2) is 0 Å². The third-order valence-electron chi connectivity index (χ3n) is 2.26. The van der Waals surface area contributed by atoms with Gasteiger partial charge in [-0.3, -0.25) is 4.79 Å². The molecular formula is C12H18N2OS. The predicted octanol–water partition coefficient (Wildman–Crippen LogP) is 2.30. The number of benzene rings is 1. The average molecular weight is 238 g/mol. The van der Waals surface area contributed by atoms with Crippen LogP contribution in [0.2, 0.25) is 0 Å². The summed E-state index contributed by atoms with van der Waals surface area (Å²) in [5.74, 6) is 0.0783. The van der Waals surface area contributed by atoms with E-state index in [-0.39, 0.29) is 11.9 Å². The zero-order valence-corrected chi connectivity index (χ0v) is 11.0. The molecule has 88 valence electrons. The van der Waals surface area contributed by atoms with E-state index in [0.29, 0.717) is 0 Å². The average Bonchev–Trinajstić information content (AvgIpc) is 2.28. The molecule has 0 aliphatic heterocycles.